The van der Waals surface area contributed by atoms with E-state index in [9.17, 15) is 24.0 Å². The number of nitrogens with one attached hydrogen (secondary N) is 4. The van der Waals surface area contributed by atoms with Crippen molar-refractivity contribution in [3.63, 3.8) is 0 Å². The minimum atomic E-state index is -0.664. The number of Topliss-reactive ketones (excluding diaryl/α,β-unsaturated/α-hetero) is 1. The molecule has 0 radical (unpaired) electrons. The summed E-state index contributed by atoms with van der Waals surface area (Å²) in [6.45, 7) is 16.7. The number of hydrogen-bond donors (Lipinski definition) is 7. The van der Waals surface area contributed by atoms with Gasteiger partial charge < -0.3 is 57.6 Å². The summed E-state index contributed by atoms with van der Waals surface area (Å²) < 4.78 is 16.2. The van der Waals surface area contributed by atoms with Crippen LogP contribution < -0.4 is 51.7 Å². The second-order valence-electron chi connectivity index (χ2n) is 33.1. The van der Waals surface area contributed by atoms with Crippen molar-refractivity contribution in [3.8, 4) is 0 Å². The smallest absolute Gasteiger partial charge is 0.407 e. The Labute approximate surface area is 889 Å². The summed E-state index contributed by atoms with van der Waals surface area (Å²) >= 11 is 14.0. The van der Waals surface area contributed by atoms with E-state index in [2.05, 4.69) is 210 Å². The van der Waals surface area contributed by atoms with Crippen LogP contribution in [0.4, 0.5) is 19.2 Å². The molecule has 0 fully saturated rings. The van der Waals surface area contributed by atoms with Crippen molar-refractivity contribution >= 4 is 163 Å². The molecular formula is C107H144I6N11O8S3-. The number of allylic oxidation sites excluding steroid dienone is 1. The van der Waals surface area contributed by atoms with Crippen LogP contribution >= 0.6 is 132 Å². The van der Waals surface area contributed by atoms with Crippen molar-refractivity contribution in [3.05, 3.63) is 373 Å². The van der Waals surface area contributed by atoms with Gasteiger partial charge in [0.05, 0.1) is 56.1 Å². The van der Waals surface area contributed by atoms with E-state index in [1.54, 1.807) is 46.7 Å². The summed E-state index contributed by atoms with van der Waals surface area (Å²) in [5.41, 5.74) is 31.8. The number of urea groups is 1. The van der Waals surface area contributed by atoms with Gasteiger partial charge in [0.25, 0.3) is 0 Å². The normalized spacial score (nSPS) is 12.7. The average molecular weight is 2570 g/mol. The summed E-state index contributed by atoms with van der Waals surface area (Å²) in [5, 5.41) is 15.0. The Morgan fingerprint density at radius 3 is 1.13 bits per heavy atom. The van der Waals surface area contributed by atoms with E-state index in [0.717, 1.165) is 82.1 Å². The van der Waals surface area contributed by atoms with Gasteiger partial charge in [0.2, 0.25) is 0 Å². The first-order valence-electron chi connectivity index (χ1n) is 43.5. The standard InChI is InChI=1S/C38H47N5O4S2.C24H33NO2.C23H25N3O2S.C18H22N2.4CH4.I3.I2.HI/c1-26(2)35(42-37(45)43(5)22-32-24-48-36(40-32)27(3)4)34(44)20-30(18-28-12-8-6-9-13-28)16-17-31(19-29-14-10-7-11-15-29)41-38(46)47-23-33-21-39-25-49-33;1-19(17-20-11-7-5-8-12-20)15-16-22(18-21-13-9-6-10-14-21)25-23(26)27-24(2,3)4;24-20(13-18-7-3-1-4-8-18)11-12-21(14-19-9-5-2-6-10-19)26-23(27)28-16-22-15-25-17-29-22;19-17(13-15-7-3-1-4-8-15)11-12-18(20)14-16-9-5-2-6-10-16;;;;;1-3-2;1-2;/h6-17,21,24-27,30-31,35H,18-20,22-23H2,1-5H3,(H,41,46)(H,42,45);5-14,19,22H,15-18H2,1-4H3,(H,25,26);1-12,15,17,20-21H,13-14,16,24H2,(H,26,27);1-12,17-18H,13-14,19-20H2;4*1H4;;;1H/q;;;;;;;;-1;;/b17-16+;;2*12-11+;;;;;;;/t30-,31-,35+;19-,22-;20-,21-;17-,18-;;;;;;;/m1111......./s1. The first-order valence-corrected chi connectivity index (χ1v) is 65.0. The Balaban J connectivity index is 0.000000919. The van der Waals surface area contributed by atoms with Gasteiger partial charge >= 0.3 is 74.8 Å². The number of ketones is 1. The fraction of sp³-hybridized carbons (Fsp3) is 0.364. The summed E-state index contributed by atoms with van der Waals surface area (Å²) in [4.78, 5) is 80.5. The minimum Gasteiger partial charge on any atom is -0.444 e. The molecule has 19 nitrogen and oxygen atoms in total. The molecule has 0 saturated heterocycles. The van der Waals surface area contributed by atoms with Crippen molar-refractivity contribution in [2.24, 2.45) is 35.0 Å². The van der Waals surface area contributed by atoms with Crippen LogP contribution in [0.3, 0.4) is 0 Å². The Morgan fingerprint density at radius 2 is 0.793 bits per heavy atom. The molecule has 0 saturated carbocycles. The molecule has 8 aromatic carbocycles. The zero-order chi connectivity index (χ0) is 94.1. The Morgan fingerprint density at radius 1 is 0.452 bits per heavy atom. The van der Waals surface area contributed by atoms with Crippen LogP contribution in [-0.4, -0.2) is 105 Å². The maximum absolute atomic E-state index is 13.9. The second-order valence-corrected chi connectivity index (χ2v) is 52.2. The third-order valence-corrected chi connectivity index (χ3v) is 22.7. The third-order valence-electron chi connectivity index (χ3n) is 20.0. The van der Waals surface area contributed by atoms with E-state index in [4.69, 9.17) is 31.4 Å². The maximum atomic E-state index is 13.9. The molecule has 11 rings (SSSR count). The Hall–Kier alpha value is -7.12. The number of nitrogens with zero attached hydrogens (tertiary/aromatic N) is 4. The molecule has 5 amide bonds. The maximum Gasteiger partial charge on any atom is 0.407 e. The van der Waals surface area contributed by atoms with Crippen LogP contribution in [0.25, 0.3) is 0 Å². The Bertz CT molecular complexity index is 4900. The fourth-order valence-corrected chi connectivity index (χ4v) is 15.5. The number of halogens is 6. The number of ether oxygens (including phenoxy) is 3. The first-order chi connectivity index (χ1) is 62.7. The summed E-state index contributed by atoms with van der Waals surface area (Å²) in [6, 6.07) is 79.9. The van der Waals surface area contributed by atoms with Gasteiger partial charge in [-0.1, -0.05) is 343 Å². The zero-order valence-electron chi connectivity index (χ0n) is 76.0. The van der Waals surface area contributed by atoms with E-state index in [0.29, 0.717) is 50.9 Å². The molecule has 0 aliphatic heterocycles. The molecule has 0 unspecified atom stereocenters. The number of amides is 5. The number of nitrogens with two attached hydrogens (primary N) is 3. The number of hydrogen-bond acceptors (Lipinski definition) is 17. The van der Waals surface area contributed by atoms with Crippen molar-refractivity contribution < 1.29 is 51.4 Å². The summed E-state index contributed by atoms with van der Waals surface area (Å²) in [6.07, 6.45) is 22.3. The molecule has 736 valence electrons. The SMILES string of the molecule is C.C.C.C.CC(C)c1nc(CN(C)C(=O)N[C@H](C(=O)C[C@H](/C=C/[C@H](Cc2ccccc2)NC(=O)OCc2cncs2)Cc2ccccc2)C(C)C)cs1.C[C@H](CC[C@H](Cc1ccccc1)NC(=O)OC(C)(C)C)Cc1ccccc1.I.II.I[I-]I.N[C@H](/C=C/[C@@H](N)Cc1ccccc1)Cc1ccccc1.N[C@H](/C=C/[C@H](Cc1ccccc1)NC(=O)OCc1cncs1)Cc1ccccc1. The van der Waals surface area contributed by atoms with Gasteiger partial charge in [0.15, 0.2) is 5.78 Å². The number of aromatic nitrogens is 3. The van der Waals surface area contributed by atoms with E-state index in [1.165, 1.54) is 50.5 Å². The van der Waals surface area contributed by atoms with E-state index in [-0.39, 0.29) is 139 Å². The first kappa shape index (κ1) is 126. The number of thiazole rings is 3. The van der Waals surface area contributed by atoms with Crippen molar-refractivity contribution in [1.82, 2.24) is 41.1 Å². The average Bonchev–Trinajstić information content (AvgIpc) is 1.79. The fourth-order valence-electron chi connectivity index (χ4n) is 13.6. The molecular weight excluding hydrogens is 2420 g/mol. The van der Waals surface area contributed by atoms with Crippen LogP contribution in [0.1, 0.15) is 175 Å². The molecule has 0 spiro atoms. The summed E-state index contributed by atoms with van der Waals surface area (Å²) in [7, 11) is 1.72. The molecule has 10 N–H and O–H groups in total. The molecule has 3 heterocycles. The third kappa shape index (κ3) is 56.7. The van der Waals surface area contributed by atoms with Crippen LogP contribution in [-0.2, 0) is 90.1 Å². The van der Waals surface area contributed by atoms with Crippen LogP contribution in [0.5, 0.6) is 0 Å². The van der Waals surface area contributed by atoms with Gasteiger partial charge in [-0.2, -0.15) is 0 Å². The predicted octanol–water partition coefficient (Wildman–Crippen LogP) is 24.1. The van der Waals surface area contributed by atoms with Crippen LogP contribution in [0, 0.1) is 17.8 Å². The molecule has 11 aromatic rings. The molecule has 0 aliphatic carbocycles. The molecule has 135 heavy (non-hydrogen) atoms. The predicted molar refractivity (Wildman–Crippen MR) is 609 cm³/mol. The topological polar surface area (TPSA) is 281 Å². The zero-order valence-corrected chi connectivity index (χ0v) is 91.6. The monoisotopic (exact) mass is 2570 g/mol. The Kier molecular flexibility index (Phi) is 69.0. The van der Waals surface area contributed by atoms with Crippen molar-refractivity contribution in [1.29, 1.82) is 0 Å². The number of carbonyl (C=O) groups is 5. The van der Waals surface area contributed by atoms with Gasteiger partial charge in [0.1, 0.15) is 18.8 Å². The van der Waals surface area contributed by atoms with Gasteiger partial charge in [-0.3, -0.25) is 14.8 Å². The van der Waals surface area contributed by atoms with Crippen molar-refractivity contribution in [2.75, 3.05) is 7.05 Å². The molecule has 9 atom stereocenters. The van der Waals surface area contributed by atoms with E-state index < -0.39 is 23.8 Å². The number of benzene rings is 8. The van der Waals surface area contributed by atoms with Crippen molar-refractivity contribution in [2.45, 2.75) is 229 Å². The number of alkyl carbamates (subject to hydrolysis) is 3. The van der Waals surface area contributed by atoms with E-state index >= 15 is 0 Å². The molecule has 0 aliphatic rings. The summed E-state index contributed by atoms with van der Waals surface area (Å²) in [5.74, 6) is 0.550. The molecule has 3 aromatic heterocycles. The van der Waals surface area contributed by atoms with Gasteiger partial charge in [0, 0.05) is 98.6 Å². The minimum absolute atomic E-state index is 0. The number of rotatable bonds is 40. The number of carbonyl (C=O) groups excluding carboxylic acids is 5. The largest absolute Gasteiger partial charge is 0.444 e. The molecule has 0 bridgehead atoms. The van der Waals surface area contributed by atoms with Crippen LogP contribution in [0.2, 0.25) is 0 Å². The van der Waals surface area contributed by atoms with Gasteiger partial charge in [-0.05, 0) is 147 Å². The second kappa shape index (κ2) is 74.0. The van der Waals surface area contributed by atoms with Gasteiger partial charge in [-0.15, -0.1) is 58.0 Å². The quantitative estimate of drug-likeness (QED) is 0.0107. The molecule has 28 heteroatoms. The van der Waals surface area contributed by atoms with Gasteiger partial charge in [-0.25, -0.2) is 24.2 Å². The van der Waals surface area contributed by atoms with E-state index in [1.807, 2.05) is 240 Å². The van der Waals surface area contributed by atoms with Crippen LogP contribution in [0.15, 0.2) is 308 Å².